The first-order valence-corrected chi connectivity index (χ1v) is 11.3. The lowest BCUT2D eigenvalue weighted by molar-refractivity contribution is -0.139. The minimum absolute atomic E-state index is 0.0121. The third-order valence-electron chi connectivity index (χ3n) is 3.60. The predicted molar refractivity (Wildman–Crippen MR) is 95.7 cm³/mol. The van der Waals surface area contributed by atoms with Gasteiger partial charge in [-0.2, -0.15) is 0 Å². The summed E-state index contributed by atoms with van der Waals surface area (Å²) < 4.78 is 64.8. The summed E-state index contributed by atoms with van der Waals surface area (Å²) in [6, 6.07) is 0. The van der Waals surface area contributed by atoms with Crippen molar-refractivity contribution in [1.82, 2.24) is 0 Å². The fourth-order valence-corrected chi connectivity index (χ4v) is 4.81. The van der Waals surface area contributed by atoms with E-state index in [1.165, 1.54) is 0 Å². The SMILES string of the molecule is C=CC(=O)OCCOP(=O)(OCCOC(=O)C=C)OCC12COP(=O)(OC1)OC2. The van der Waals surface area contributed by atoms with E-state index in [1.54, 1.807) is 0 Å². The van der Waals surface area contributed by atoms with Gasteiger partial charge in [-0.3, -0.25) is 27.1 Å². The molecule has 0 N–H and O–H groups in total. The van der Waals surface area contributed by atoms with Crippen LogP contribution in [0.5, 0.6) is 0 Å². The normalized spacial score (nSPS) is 25.9. The minimum atomic E-state index is -4.15. The van der Waals surface area contributed by atoms with E-state index in [-0.39, 0.29) is 52.9 Å². The Hall–Kier alpha value is -1.36. The summed E-state index contributed by atoms with van der Waals surface area (Å²) in [5, 5.41) is 0. The van der Waals surface area contributed by atoms with E-state index < -0.39 is 33.0 Å². The Bertz CT molecular complexity index is 657. The molecular formula is C15H22O12P2. The topological polar surface area (TPSA) is 142 Å². The van der Waals surface area contributed by atoms with Crippen LogP contribution in [0, 0.1) is 5.41 Å². The van der Waals surface area contributed by atoms with Crippen molar-refractivity contribution in [3.05, 3.63) is 25.3 Å². The molecule has 3 fully saturated rings. The summed E-state index contributed by atoms with van der Waals surface area (Å²) in [5.74, 6) is -1.36. The van der Waals surface area contributed by atoms with Gasteiger partial charge >= 0.3 is 27.6 Å². The molecule has 3 aliphatic heterocycles. The molecule has 2 bridgehead atoms. The second-order valence-electron chi connectivity index (χ2n) is 5.90. The predicted octanol–water partition coefficient (Wildman–Crippen LogP) is 1.77. The highest BCUT2D eigenvalue weighted by Gasteiger charge is 2.51. The second kappa shape index (κ2) is 10.6. The lowest BCUT2D eigenvalue weighted by Crippen LogP contribution is -2.47. The molecular weight excluding hydrogens is 434 g/mol. The summed E-state index contributed by atoms with van der Waals surface area (Å²) in [4.78, 5) is 22.1. The average molecular weight is 456 g/mol. The van der Waals surface area contributed by atoms with Crippen molar-refractivity contribution in [3.63, 3.8) is 0 Å². The lowest BCUT2D eigenvalue weighted by Gasteiger charge is -2.43. The van der Waals surface area contributed by atoms with Gasteiger partial charge in [-0.05, 0) is 0 Å². The molecule has 0 atom stereocenters. The van der Waals surface area contributed by atoms with Crippen LogP contribution in [0.1, 0.15) is 0 Å². The van der Waals surface area contributed by atoms with Gasteiger partial charge in [0.05, 0.1) is 45.1 Å². The average Bonchev–Trinajstić information content (AvgIpc) is 2.74. The largest absolute Gasteiger partial charge is 0.475 e. The Morgan fingerprint density at radius 1 is 0.897 bits per heavy atom. The van der Waals surface area contributed by atoms with Gasteiger partial charge in [0.15, 0.2) is 0 Å². The van der Waals surface area contributed by atoms with Gasteiger partial charge in [0, 0.05) is 12.2 Å². The molecule has 3 rings (SSSR count). The number of hydrogen-bond donors (Lipinski definition) is 0. The molecule has 0 aliphatic carbocycles. The Kier molecular flexibility index (Phi) is 8.74. The number of rotatable bonds is 13. The summed E-state index contributed by atoms with van der Waals surface area (Å²) in [6.45, 7) is 5.26. The van der Waals surface area contributed by atoms with Crippen LogP contribution in [0.15, 0.2) is 25.3 Å². The molecule has 3 aliphatic rings. The van der Waals surface area contributed by atoms with E-state index in [1.807, 2.05) is 0 Å². The number of hydrogen-bond acceptors (Lipinski definition) is 12. The van der Waals surface area contributed by atoms with Crippen molar-refractivity contribution in [3.8, 4) is 0 Å². The van der Waals surface area contributed by atoms with E-state index in [9.17, 15) is 18.7 Å². The van der Waals surface area contributed by atoms with E-state index in [2.05, 4.69) is 13.2 Å². The number of phosphoric acid groups is 2. The lowest BCUT2D eigenvalue weighted by atomic mass is 9.93. The Morgan fingerprint density at radius 3 is 1.76 bits per heavy atom. The fraction of sp³-hybridized carbons (Fsp3) is 0.600. The highest BCUT2D eigenvalue weighted by molar-refractivity contribution is 7.48. The summed E-state index contributed by atoms with van der Waals surface area (Å²) in [5.41, 5.74) is -0.848. The van der Waals surface area contributed by atoms with Crippen molar-refractivity contribution >= 4 is 27.6 Å². The molecule has 29 heavy (non-hydrogen) atoms. The van der Waals surface area contributed by atoms with Crippen molar-refractivity contribution in [2.24, 2.45) is 5.41 Å². The molecule has 0 aromatic carbocycles. The van der Waals surface area contributed by atoms with Gasteiger partial charge in [-0.15, -0.1) is 0 Å². The van der Waals surface area contributed by atoms with Crippen LogP contribution < -0.4 is 0 Å². The molecule has 0 spiro atoms. The van der Waals surface area contributed by atoms with Gasteiger partial charge < -0.3 is 9.47 Å². The van der Waals surface area contributed by atoms with Crippen LogP contribution >= 0.6 is 15.6 Å². The van der Waals surface area contributed by atoms with Crippen molar-refractivity contribution in [2.75, 3.05) is 52.9 Å². The van der Waals surface area contributed by atoms with Crippen molar-refractivity contribution in [2.45, 2.75) is 0 Å². The number of esters is 2. The molecule has 0 unspecified atom stereocenters. The van der Waals surface area contributed by atoms with Crippen LogP contribution in [0.3, 0.4) is 0 Å². The second-order valence-corrected chi connectivity index (χ2v) is 9.24. The molecule has 164 valence electrons. The highest BCUT2D eigenvalue weighted by Crippen LogP contribution is 2.61. The number of fused-ring (bicyclic) bond motifs is 3. The third kappa shape index (κ3) is 7.44. The Morgan fingerprint density at radius 2 is 1.34 bits per heavy atom. The van der Waals surface area contributed by atoms with Crippen LogP contribution in [0.4, 0.5) is 0 Å². The fourth-order valence-electron chi connectivity index (χ4n) is 2.04. The molecule has 3 saturated heterocycles. The van der Waals surface area contributed by atoms with E-state index >= 15 is 0 Å². The summed E-state index contributed by atoms with van der Waals surface area (Å²) >= 11 is 0. The van der Waals surface area contributed by atoms with Crippen LogP contribution in [0.25, 0.3) is 0 Å². The summed E-state index contributed by atoms with van der Waals surface area (Å²) in [7, 11) is -7.65. The van der Waals surface area contributed by atoms with Gasteiger partial charge in [-0.25, -0.2) is 18.7 Å². The molecule has 12 nitrogen and oxygen atoms in total. The molecule has 0 radical (unpaired) electrons. The van der Waals surface area contributed by atoms with Gasteiger partial charge in [0.2, 0.25) is 0 Å². The number of carbonyl (C=O) groups excluding carboxylic acids is 2. The van der Waals surface area contributed by atoms with Crippen LogP contribution in [0.2, 0.25) is 0 Å². The number of phosphoric ester groups is 2. The summed E-state index contributed by atoms with van der Waals surface area (Å²) in [6.07, 6.45) is 1.93. The molecule has 0 aromatic heterocycles. The van der Waals surface area contributed by atoms with E-state index in [4.69, 9.17) is 36.6 Å². The molecule has 0 amide bonds. The smallest absolute Gasteiger partial charge is 0.460 e. The van der Waals surface area contributed by atoms with Gasteiger partial charge in [0.25, 0.3) is 0 Å². The third-order valence-corrected chi connectivity index (χ3v) is 6.38. The maximum Gasteiger partial charge on any atom is 0.475 e. The number of ether oxygens (including phenoxy) is 2. The first kappa shape index (κ1) is 23.9. The first-order chi connectivity index (χ1) is 13.7. The zero-order chi connectivity index (χ0) is 21.4. The quantitative estimate of drug-likeness (QED) is 0.172. The van der Waals surface area contributed by atoms with Gasteiger partial charge in [-0.1, -0.05) is 13.2 Å². The monoisotopic (exact) mass is 456 g/mol. The standard InChI is InChI=1S/C15H22O12P2/c1-3-13(16)20-5-7-22-28(18,23-8-6-21-14(17)4-2)24-9-15-10-25-29(19,26-11-15)27-12-15/h3-4H,1-2,5-12H2. The van der Waals surface area contributed by atoms with Crippen LogP contribution in [-0.2, 0) is 55.3 Å². The van der Waals surface area contributed by atoms with Crippen LogP contribution in [-0.4, -0.2) is 64.8 Å². The minimum Gasteiger partial charge on any atom is -0.460 e. The molecule has 0 saturated carbocycles. The van der Waals surface area contributed by atoms with Crippen molar-refractivity contribution < 1.29 is 55.3 Å². The Balaban J connectivity index is 1.88. The first-order valence-electron chi connectivity index (χ1n) is 8.39. The molecule has 14 heteroatoms. The maximum absolute atomic E-state index is 12.9. The zero-order valence-electron chi connectivity index (χ0n) is 15.5. The highest BCUT2D eigenvalue weighted by atomic mass is 31.2. The number of carbonyl (C=O) groups is 2. The van der Waals surface area contributed by atoms with E-state index in [0.717, 1.165) is 12.2 Å². The maximum atomic E-state index is 12.9. The van der Waals surface area contributed by atoms with Crippen molar-refractivity contribution in [1.29, 1.82) is 0 Å². The Labute approximate surface area is 167 Å². The van der Waals surface area contributed by atoms with E-state index in [0.29, 0.717) is 0 Å². The molecule has 0 aromatic rings. The molecule has 3 heterocycles. The zero-order valence-corrected chi connectivity index (χ0v) is 17.3. The van der Waals surface area contributed by atoms with Gasteiger partial charge in [0.1, 0.15) is 13.2 Å².